The molecule has 6 nitrogen and oxygen atoms in total. The van der Waals surface area contributed by atoms with Crippen LogP contribution >= 0.6 is 0 Å². The molecular formula is C18H24N2O4. The molecule has 6 heteroatoms. The van der Waals surface area contributed by atoms with E-state index < -0.39 is 5.97 Å². The number of ether oxygens (including phenoxy) is 1. The van der Waals surface area contributed by atoms with Crippen molar-refractivity contribution in [3.8, 4) is 5.75 Å². The average molecular weight is 332 g/mol. The van der Waals surface area contributed by atoms with Gasteiger partial charge in [-0.15, -0.1) is 0 Å². The first kappa shape index (κ1) is 18.0. The summed E-state index contributed by atoms with van der Waals surface area (Å²) in [4.78, 5) is 39.4. The van der Waals surface area contributed by atoms with Gasteiger partial charge in [-0.05, 0) is 24.6 Å². The van der Waals surface area contributed by atoms with Gasteiger partial charge in [0.05, 0.1) is 0 Å². The number of esters is 1. The van der Waals surface area contributed by atoms with Gasteiger partial charge in [-0.2, -0.15) is 0 Å². The molecule has 0 aliphatic carbocycles. The van der Waals surface area contributed by atoms with E-state index in [-0.39, 0.29) is 17.7 Å². The average Bonchev–Trinajstić information content (AvgIpc) is 2.79. The van der Waals surface area contributed by atoms with Crippen LogP contribution in [0.1, 0.15) is 37.6 Å². The fourth-order valence-electron chi connectivity index (χ4n) is 2.75. The van der Waals surface area contributed by atoms with Gasteiger partial charge >= 0.3 is 5.97 Å². The van der Waals surface area contributed by atoms with E-state index in [2.05, 4.69) is 0 Å². The second-order valence-electron chi connectivity index (χ2n) is 6.25. The first-order valence-electron chi connectivity index (χ1n) is 8.25. The molecule has 0 aromatic heterocycles. The third-order valence-electron chi connectivity index (χ3n) is 3.93. The maximum atomic E-state index is 12.7. The third-order valence-corrected chi connectivity index (χ3v) is 3.93. The Morgan fingerprint density at radius 3 is 2.38 bits per heavy atom. The normalized spacial score (nSPS) is 15.2. The summed E-state index contributed by atoms with van der Waals surface area (Å²) in [5.74, 6) is -0.0753. The summed E-state index contributed by atoms with van der Waals surface area (Å²) in [5, 5.41) is 0. The highest BCUT2D eigenvalue weighted by molar-refractivity contribution is 5.94. The van der Waals surface area contributed by atoms with Crippen LogP contribution in [0.5, 0.6) is 5.75 Å². The number of benzene rings is 1. The Balaban J connectivity index is 2.05. The van der Waals surface area contributed by atoms with E-state index in [4.69, 9.17) is 4.74 Å². The van der Waals surface area contributed by atoms with Crippen molar-refractivity contribution in [2.75, 3.05) is 26.2 Å². The summed E-state index contributed by atoms with van der Waals surface area (Å²) in [6, 6.07) is 6.62. The molecule has 2 amide bonds. The molecule has 130 valence electrons. The number of nitrogens with zero attached hydrogens (tertiary/aromatic N) is 2. The van der Waals surface area contributed by atoms with Gasteiger partial charge in [0.15, 0.2) is 0 Å². The molecule has 0 saturated carbocycles. The molecule has 0 spiro atoms. The van der Waals surface area contributed by atoms with Crippen LogP contribution in [0.25, 0.3) is 0 Å². The lowest BCUT2D eigenvalue weighted by Gasteiger charge is -2.23. The van der Waals surface area contributed by atoms with Crippen molar-refractivity contribution in [1.82, 2.24) is 9.80 Å². The summed E-state index contributed by atoms with van der Waals surface area (Å²) in [5.41, 5.74) is 0.484. The van der Waals surface area contributed by atoms with Crippen LogP contribution in [-0.4, -0.2) is 53.8 Å². The molecule has 1 aliphatic heterocycles. The number of carbonyl (C=O) groups excluding carboxylic acids is 3. The van der Waals surface area contributed by atoms with Gasteiger partial charge in [0.25, 0.3) is 5.91 Å². The van der Waals surface area contributed by atoms with Crippen molar-refractivity contribution in [2.24, 2.45) is 5.92 Å². The third kappa shape index (κ3) is 4.57. The molecule has 1 aromatic carbocycles. The summed E-state index contributed by atoms with van der Waals surface area (Å²) >= 11 is 0. The maximum absolute atomic E-state index is 12.7. The molecule has 0 unspecified atom stereocenters. The summed E-state index contributed by atoms with van der Waals surface area (Å²) in [7, 11) is 0. The fraction of sp³-hybridized carbons (Fsp3) is 0.500. The SMILES string of the molecule is CC(=O)Oc1cccc(C(=O)N2CCCN(C(=O)C(C)C)CC2)c1. The van der Waals surface area contributed by atoms with Crippen molar-refractivity contribution in [2.45, 2.75) is 27.2 Å². The van der Waals surface area contributed by atoms with Crippen LogP contribution in [0.4, 0.5) is 0 Å². The van der Waals surface area contributed by atoms with Gasteiger partial charge in [0.1, 0.15) is 5.75 Å². The van der Waals surface area contributed by atoms with E-state index in [9.17, 15) is 14.4 Å². The zero-order valence-corrected chi connectivity index (χ0v) is 14.4. The largest absolute Gasteiger partial charge is 0.427 e. The highest BCUT2D eigenvalue weighted by Gasteiger charge is 2.24. The molecule has 0 atom stereocenters. The van der Waals surface area contributed by atoms with Crippen molar-refractivity contribution >= 4 is 17.8 Å². The quantitative estimate of drug-likeness (QED) is 0.627. The predicted molar refractivity (Wildman–Crippen MR) is 89.7 cm³/mol. The highest BCUT2D eigenvalue weighted by Crippen LogP contribution is 2.17. The molecule has 1 fully saturated rings. The Morgan fingerprint density at radius 2 is 1.71 bits per heavy atom. The Labute approximate surface area is 142 Å². The topological polar surface area (TPSA) is 66.9 Å². The molecule has 1 aromatic rings. The highest BCUT2D eigenvalue weighted by atomic mass is 16.5. The minimum atomic E-state index is -0.419. The molecule has 0 radical (unpaired) electrons. The lowest BCUT2D eigenvalue weighted by atomic mass is 10.2. The first-order chi connectivity index (χ1) is 11.4. The molecular weight excluding hydrogens is 308 g/mol. The van der Waals surface area contributed by atoms with Crippen LogP contribution in [0.3, 0.4) is 0 Å². The predicted octanol–water partition coefficient (Wildman–Crippen LogP) is 1.94. The van der Waals surface area contributed by atoms with Crippen molar-refractivity contribution in [3.63, 3.8) is 0 Å². The second-order valence-corrected chi connectivity index (χ2v) is 6.25. The molecule has 1 aliphatic rings. The van der Waals surface area contributed by atoms with Crippen LogP contribution in [-0.2, 0) is 9.59 Å². The molecule has 1 heterocycles. The van der Waals surface area contributed by atoms with E-state index >= 15 is 0 Å². The fourth-order valence-corrected chi connectivity index (χ4v) is 2.75. The van der Waals surface area contributed by atoms with Gasteiger partial charge in [0, 0.05) is 44.6 Å². The van der Waals surface area contributed by atoms with E-state index in [0.29, 0.717) is 37.5 Å². The number of hydrogen-bond acceptors (Lipinski definition) is 4. The van der Waals surface area contributed by atoms with Gasteiger partial charge in [0.2, 0.25) is 5.91 Å². The standard InChI is InChI=1S/C18H24N2O4/c1-13(2)17(22)19-8-5-9-20(11-10-19)18(23)15-6-4-7-16(12-15)24-14(3)21/h4,6-7,12-13H,5,8-11H2,1-3H3. The zero-order chi connectivity index (χ0) is 17.7. The van der Waals surface area contributed by atoms with E-state index in [0.717, 1.165) is 6.42 Å². The zero-order valence-electron chi connectivity index (χ0n) is 14.4. The monoisotopic (exact) mass is 332 g/mol. The van der Waals surface area contributed by atoms with Crippen LogP contribution < -0.4 is 4.74 Å². The lowest BCUT2D eigenvalue weighted by Crippen LogP contribution is -2.38. The van der Waals surface area contributed by atoms with E-state index in [1.165, 1.54) is 6.92 Å². The van der Waals surface area contributed by atoms with Crippen LogP contribution in [0.15, 0.2) is 24.3 Å². The van der Waals surface area contributed by atoms with Crippen LogP contribution in [0, 0.1) is 5.92 Å². The number of hydrogen-bond donors (Lipinski definition) is 0. The molecule has 1 saturated heterocycles. The van der Waals surface area contributed by atoms with Crippen molar-refractivity contribution in [3.05, 3.63) is 29.8 Å². The molecule has 24 heavy (non-hydrogen) atoms. The van der Waals surface area contributed by atoms with Crippen LogP contribution in [0.2, 0.25) is 0 Å². The van der Waals surface area contributed by atoms with Crippen molar-refractivity contribution < 1.29 is 19.1 Å². The molecule has 0 bridgehead atoms. The summed E-state index contributed by atoms with van der Waals surface area (Å²) in [6.45, 7) is 7.44. The van der Waals surface area contributed by atoms with E-state index in [1.54, 1.807) is 29.2 Å². The number of carbonyl (C=O) groups is 3. The minimum Gasteiger partial charge on any atom is -0.427 e. The van der Waals surface area contributed by atoms with Gasteiger partial charge < -0.3 is 14.5 Å². The smallest absolute Gasteiger partial charge is 0.308 e. The Morgan fingerprint density at radius 1 is 1.04 bits per heavy atom. The van der Waals surface area contributed by atoms with Gasteiger partial charge in [-0.3, -0.25) is 14.4 Å². The summed E-state index contributed by atoms with van der Waals surface area (Å²) < 4.78 is 5.03. The summed E-state index contributed by atoms with van der Waals surface area (Å²) in [6.07, 6.45) is 0.758. The first-order valence-corrected chi connectivity index (χ1v) is 8.25. The maximum Gasteiger partial charge on any atom is 0.308 e. The van der Waals surface area contributed by atoms with Gasteiger partial charge in [-0.25, -0.2) is 0 Å². The molecule has 0 N–H and O–H groups in total. The minimum absolute atomic E-state index is 0.0346. The molecule has 2 rings (SSSR count). The lowest BCUT2D eigenvalue weighted by molar-refractivity contribution is -0.134. The Kier molecular flexibility index (Phi) is 5.95. The van der Waals surface area contributed by atoms with E-state index in [1.807, 2.05) is 18.7 Å². The number of amides is 2. The Bertz CT molecular complexity index is 627. The van der Waals surface area contributed by atoms with Crippen molar-refractivity contribution in [1.29, 1.82) is 0 Å². The second kappa shape index (κ2) is 7.95. The number of rotatable bonds is 3. The Hall–Kier alpha value is -2.37. The van der Waals surface area contributed by atoms with Gasteiger partial charge in [-0.1, -0.05) is 19.9 Å².